The van der Waals surface area contributed by atoms with Gasteiger partial charge in [0.25, 0.3) is 5.91 Å². The molecule has 0 aliphatic heterocycles. The molecule has 2 heterocycles. The van der Waals surface area contributed by atoms with Crippen LogP contribution >= 0.6 is 0 Å². The minimum absolute atomic E-state index is 0.0833. The van der Waals surface area contributed by atoms with Gasteiger partial charge in [0.1, 0.15) is 11.3 Å². The summed E-state index contributed by atoms with van der Waals surface area (Å²) in [6.07, 6.45) is 10.1. The van der Waals surface area contributed by atoms with Crippen molar-refractivity contribution in [3.8, 4) is 0 Å². The normalized spacial score (nSPS) is 13.6. The van der Waals surface area contributed by atoms with E-state index in [9.17, 15) is 4.79 Å². The molecule has 1 aliphatic rings. The van der Waals surface area contributed by atoms with Gasteiger partial charge in [-0.25, -0.2) is 9.97 Å². The predicted molar refractivity (Wildman–Crippen MR) is 125 cm³/mol. The zero-order valence-corrected chi connectivity index (χ0v) is 18.9. The topological polar surface area (TPSA) is 51.0 Å². The molecule has 5 nitrogen and oxygen atoms in total. The van der Waals surface area contributed by atoms with Crippen molar-refractivity contribution in [2.75, 3.05) is 6.54 Å². The summed E-state index contributed by atoms with van der Waals surface area (Å²) in [6.45, 7) is 6.53. The summed E-state index contributed by atoms with van der Waals surface area (Å²) in [5, 5.41) is 0. The zero-order valence-electron chi connectivity index (χ0n) is 18.9. The number of hydrogen-bond acceptors (Lipinski definition) is 3. The van der Waals surface area contributed by atoms with Crippen LogP contribution in [0.25, 0.3) is 11.2 Å². The van der Waals surface area contributed by atoms with Gasteiger partial charge in [-0.1, -0.05) is 38.8 Å². The molecular weight excluding hydrogens is 384 g/mol. The molecule has 0 unspecified atom stereocenters. The van der Waals surface area contributed by atoms with Crippen LogP contribution in [0.2, 0.25) is 0 Å². The van der Waals surface area contributed by atoms with Crippen molar-refractivity contribution in [3.05, 3.63) is 59.5 Å². The summed E-state index contributed by atoms with van der Waals surface area (Å²) >= 11 is 0. The summed E-state index contributed by atoms with van der Waals surface area (Å²) in [5.74, 6) is 1.74. The van der Waals surface area contributed by atoms with E-state index in [1.807, 2.05) is 35.4 Å². The molecule has 1 saturated carbocycles. The number of fused-ring (bicyclic) bond motifs is 1. The number of nitrogens with zero attached hydrogens (tertiary/aromatic N) is 4. The third kappa shape index (κ3) is 5.33. The van der Waals surface area contributed by atoms with Gasteiger partial charge < -0.3 is 9.47 Å². The van der Waals surface area contributed by atoms with Gasteiger partial charge in [0, 0.05) is 24.8 Å². The second-order valence-electron chi connectivity index (χ2n) is 8.81. The van der Waals surface area contributed by atoms with Crippen molar-refractivity contribution < 1.29 is 4.79 Å². The Bertz CT molecular complexity index is 1000. The van der Waals surface area contributed by atoms with E-state index in [-0.39, 0.29) is 5.91 Å². The number of amides is 1. The molecule has 31 heavy (non-hydrogen) atoms. The molecule has 1 fully saturated rings. The molecule has 0 saturated heterocycles. The van der Waals surface area contributed by atoms with Gasteiger partial charge in [0.15, 0.2) is 5.65 Å². The van der Waals surface area contributed by atoms with E-state index < -0.39 is 0 Å². The SMILES string of the molecule is CCCCCc1ccc(C(=O)N(CCC)Cc2nc3cccnc3n2CC2CC2)cc1. The maximum atomic E-state index is 13.3. The lowest BCUT2D eigenvalue weighted by Gasteiger charge is -2.22. The van der Waals surface area contributed by atoms with E-state index >= 15 is 0 Å². The molecule has 0 N–H and O–H groups in total. The number of benzene rings is 1. The highest BCUT2D eigenvalue weighted by atomic mass is 16.2. The highest BCUT2D eigenvalue weighted by molar-refractivity contribution is 5.94. The minimum atomic E-state index is 0.0833. The van der Waals surface area contributed by atoms with Crippen LogP contribution in [0.3, 0.4) is 0 Å². The molecule has 1 amide bonds. The van der Waals surface area contributed by atoms with Crippen molar-refractivity contribution in [1.29, 1.82) is 0 Å². The van der Waals surface area contributed by atoms with Crippen LogP contribution in [0.5, 0.6) is 0 Å². The molecule has 164 valence electrons. The van der Waals surface area contributed by atoms with E-state index in [0.717, 1.165) is 48.5 Å². The highest BCUT2D eigenvalue weighted by Gasteiger charge is 2.26. The Morgan fingerprint density at radius 3 is 2.61 bits per heavy atom. The molecule has 2 aromatic heterocycles. The Morgan fingerprint density at radius 2 is 1.90 bits per heavy atom. The lowest BCUT2D eigenvalue weighted by atomic mass is 10.0. The van der Waals surface area contributed by atoms with Crippen molar-refractivity contribution in [2.45, 2.75) is 71.9 Å². The fraction of sp³-hybridized carbons (Fsp3) is 0.500. The first-order valence-electron chi connectivity index (χ1n) is 11.9. The van der Waals surface area contributed by atoms with Crippen LogP contribution in [-0.2, 0) is 19.5 Å². The van der Waals surface area contributed by atoms with Crippen LogP contribution in [-0.4, -0.2) is 31.9 Å². The van der Waals surface area contributed by atoms with Gasteiger partial charge >= 0.3 is 0 Å². The number of imidazole rings is 1. The number of hydrogen-bond donors (Lipinski definition) is 0. The first-order valence-corrected chi connectivity index (χ1v) is 11.9. The van der Waals surface area contributed by atoms with Crippen molar-refractivity contribution in [1.82, 2.24) is 19.4 Å². The molecule has 0 atom stereocenters. The molecule has 1 aromatic carbocycles. The van der Waals surface area contributed by atoms with Gasteiger partial charge in [-0.05, 0) is 67.9 Å². The van der Waals surface area contributed by atoms with Crippen molar-refractivity contribution >= 4 is 17.1 Å². The van der Waals surface area contributed by atoms with Gasteiger partial charge in [0.2, 0.25) is 0 Å². The monoisotopic (exact) mass is 418 g/mol. The van der Waals surface area contributed by atoms with Gasteiger partial charge in [-0.3, -0.25) is 4.79 Å². The van der Waals surface area contributed by atoms with Crippen LogP contribution < -0.4 is 0 Å². The number of aryl methyl sites for hydroxylation is 1. The molecule has 0 bridgehead atoms. The highest BCUT2D eigenvalue weighted by Crippen LogP contribution is 2.32. The maximum absolute atomic E-state index is 13.3. The molecule has 0 spiro atoms. The quantitative estimate of drug-likeness (QED) is 0.379. The first-order chi connectivity index (χ1) is 15.2. The summed E-state index contributed by atoms with van der Waals surface area (Å²) in [5.41, 5.74) is 3.92. The Labute approximate surface area is 185 Å². The van der Waals surface area contributed by atoms with E-state index in [4.69, 9.17) is 4.98 Å². The average Bonchev–Trinajstić information content (AvgIpc) is 3.55. The summed E-state index contributed by atoms with van der Waals surface area (Å²) < 4.78 is 2.24. The smallest absolute Gasteiger partial charge is 0.254 e. The summed E-state index contributed by atoms with van der Waals surface area (Å²) in [7, 11) is 0. The Balaban J connectivity index is 1.53. The van der Waals surface area contributed by atoms with E-state index in [2.05, 4.69) is 35.5 Å². The first kappa shape index (κ1) is 21.5. The lowest BCUT2D eigenvalue weighted by molar-refractivity contribution is 0.0737. The largest absolute Gasteiger partial charge is 0.331 e. The molecule has 4 rings (SSSR count). The number of carbonyl (C=O) groups excluding carboxylic acids is 1. The standard InChI is InChI=1S/C26H34N4O/c1-3-5-6-8-20-12-14-22(15-13-20)26(31)29(17-4-2)19-24-28-23-9-7-16-27-25(23)30(24)18-21-10-11-21/h7,9,12-16,21H,3-6,8,10-11,17-19H2,1-2H3. The number of unbranched alkanes of at least 4 members (excludes halogenated alkanes) is 2. The van der Waals surface area contributed by atoms with Crippen LogP contribution in [0.4, 0.5) is 0 Å². The van der Waals surface area contributed by atoms with E-state index in [0.29, 0.717) is 12.5 Å². The third-order valence-corrected chi connectivity index (χ3v) is 6.10. The van der Waals surface area contributed by atoms with Crippen LogP contribution in [0.1, 0.15) is 74.1 Å². The second-order valence-corrected chi connectivity index (χ2v) is 8.81. The number of aromatic nitrogens is 3. The summed E-state index contributed by atoms with van der Waals surface area (Å²) in [6, 6.07) is 12.1. The van der Waals surface area contributed by atoms with Crippen molar-refractivity contribution in [2.24, 2.45) is 5.92 Å². The molecule has 0 radical (unpaired) electrons. The third-order valence-electron chi connectivity index (χ3n) is 6.10. The second kappa shape index (κ2) is 10.1. The molecule has 1 aliphatic carbocycles. The van der Waals surface area contributed by atoms with Crippen LogP contribution in [0, 0.1) is 5.92 Å². The molecule has 5 heteroatoms. The van der Waals surface area contributed by atoms with Crippen molar-refractivity contribution in [3.63, 3.8) is 0 Å². The van der Waals surface area contributed by atoms with Gasteiger partial charge in [-0.15, -0.1) is 0 Å². The Kier molecular flexibility index (Phi) is 7.00. The number of pyridine rings is 1. The zero-order chi connectivity index (χ0) is 21.6. The van der Waals surface area contributed by atoms with Gasteiger partial charge in [-0.2, -0.15) is 0 Å². The molecule has 3 aromatic rings. The minimum Gasteiger partial charge on any atom is -0.331 e. The average molecular weight is 419 g/mol. The van der Waals surface area contributed by atoms with Gasteiger partial charge in [0.05, 0.1) is 6.54 Å². The van der Waals surface area contributed by atoms with Crippen LogP contribution in [0.15, 0.2) is 42.6 Å². The number of carbonyl (C=O) groups is 1. The fourth-order valence-corrected chi connectivity index (χ4v) is 4.15. The Hall–Kier alpha value is -2.69. The lowest BCUT2D eigenvalue weighted by Crippen LogP contribution is -2.32. The van der Waals surface area contributed by atoms with E-state index in [1.165, 1.54) is 37.7 Å². The van der Waals surface area contributed by atoms with E-state index in [1.54, 1.807) is 0 Å². The fourth-order valence-electron chi connectivity index (χ4n) is 4.15. The Morgan fingerprint density at radius 1 is 1.10 bits per heavy atom. The summed E-state index contributed by atoms with van der Waals surface area (Å²) in [4.78, 5) is 24.7. The predicted octanol–water partition coefficient (Wildman–Crippen LogP) is 5.63. The maximum Gasteiger partial charge on any atom is 0.254 e. The molecular formula is C26H34N4O. The number of rotatable bonds is 11.